The largest absolute Gasteiger partial charge is 0.349 e. The molecule has 2 aromatic carbocycles. The lowest BCUT2D eigenvalue weighted by atomic mass is 9.84. The Morgan fingerprint density at radius 1 is 1.06 bits per heavy atom. The van der Waals surface area contributed by atoms with Gasteiger partial charge >= 0.3 is 0 Å². The summed E-state index contributed by atoms with van der Waals surface area (Å²) in [6.07, 6.45) is 6.04. The van der Waals surface area contributed by atoms with E-state index >= 15 is 0 Å². The third kappa shape index (κ3) is 6.16. The van der Waals surface area contributed by atoms with Crippen LogP contribution in [0.25, 0.3) is 0 Å². The molecule has 1 saturated carbocycles. The van der Waals surface area contributed by atoms with Crippen molar-refractivity contribution in [3.8, 4) is 0 Å². The van der Waals surface area contributed by atoms with E-state index < -0.39 is 11.6 Å². The molecule has 0 spiro atoms. The summed E-state index contributed by atoms with van der Waals surface area (Å²) in [6, 6.07) is 13.7. The third-order valence-corrected chi connectivity index (χ3v) is 7.43. The smallest absolute Gasteiger partial charge is 0.229 e. The van der Waals surface area contributed by atoms with Crippen LogP contribution in [0.2, 0.25) is 0 Å². The van der Waals surface area contributed by atoms with Crippen LogP contribution in [0, 0.1) is 17.6 Å². The first-order chi connectivity index (χ1) is 17.5. The van der Waals surface area contributed by atoms with Crippen molar-refractivity contribution < 1.29 is 18.1 Å². The Hall–Kier alpha value is -3.13. The van der Waals surface area contributed by atoms with Gasteiger partial charge in [-0.3, -0.25) is 4.79 Å². The Morgan fingerprint density at radius 3 is 2.44 bits per heavy atom. The lowest BCUT2D eigenvalue weighted by Crippen LogP contribution is -2.39. The van der Waals surface area contributed by atoms with Crippen molar-refractivity contribution >= 4 is 5.91 Å². The van der Waals surface area contributed by atoms with Gasteiger partial charge in [0.25, 0.3) is 0 Å². The van der Waals surface area contributed by atoms with Crippen molar-refractivity contribution in [2.75, 3.05) is 19.6 Å². The molecule has 0 bridgehead atoms. The fourth-order valence-electron chi connectivity index (χ4n) is 5.08. The SMILES string of the molecule is O=C(NC(CCN1CCC(c2nc(Cc3cc(F)cc(F)c3)no2)CC1)c1ccccc1)C1CCC1. The molecular weight excluding hydrogens is 462 g/mol. The van der Waals surface area contributed by atoms with Gasteiger partial charge in [0, 0.05) is 30.9 Å². The van der Waals surface area contributed by atoms with Gasteiger partial charge in [0.05, 0.1) is 6.04 Å². The van der Waals surface area contributed by atoms with E-state index in [-0.39, 0.29) is 30.2 Å². The van der Waals surface area contributed by atoms with Crippen molar-refractivity contribution in [3.63, 3.8) is 0 Å². The molecule has 1 saturated heterocycles. The molecule has 6 nitrogen and oxygen atoms in total. The maximum atomic E-state index is 13.5. The van der Waals surface area contributed by atoms with E-state index in [0.717, 1.165) is 69.8 Å². The number of hydrogen-bond donors (Lipinski definition) is 1. The zero-order valence-electron chi connectivity index (χ0n) is 20.3. The highest BCUT2D eigenvalue weighted by Crippen LogP contribution is 2.30. The molecule has 8 heteroatoms. The van der Waals surface area contributed by atoms with Crippen molar-refractivity contribution in [1.82, 2.24) is 20.4 Å². The lowest BCUT2D eigenvalue weighted by molar-refractivity contribution is -0.128. The molecule has 1 aliphatic heterocycles. The molecule has 2 heterocycles. The molecule has 1 unspecified atom stereocenters. The molecule has 1 aliphatic carbocycles. The van der Waals surface area contributed by atoms with Gasteiger partial charge in [0.1, 0.15) is 11.6 Å². The predicted octanol–water partition coefficient (Wildman–Crippen LogP) is 5.17. The number of likely N-dealkylation sites (tertiary alicyclic amines) is 1. The molecular formula is C28H32F2N4O2. The summed E-state index contributed by atoms with van der Waals surface area (Å²) in [5.74, 6) is 0.335. The third-order valence-electron chi connectivity index (χ3n) is 7.43. The molecule has 1 amide bonds. The number of hydrogen-bond acceptors (Lipinski definition) is 5. The first-order valence-corrected chi connectivity index (χ1v) is 12.9. The van der Waals surface area contributed by atoms with Gasteiger partial charge in [-0.1, -0.05) is 41.9 Å². The van der Waals surface area contributed by atoms with Crippen LogP contribution in [0.15, 0.2) is 53.1 Å². The molecule has 1 aromatic heterocycles. The van der Waals surface area contributed by atoms with Crippen molar-refractivity contribution in [2.24, 2.45) is 5.92 Å². The van der Waals surface area contributed by atoms with E-state index in [9.17, 15) is 13.6 Å². The first kappa shape index (κ1) is 24.6. The van der Waals surface area contributed by atoms with Gasteiger partial charge in [0.15, 0.2) is 5.82 Å². The highest BCUT2D eigenvalue weighted by atomic mass is 19.1. The van der Waals surface area contributed by atoms with Crippen LogP contribution >= 0.6 is 0 Å². The van der Waals surface area contributed by atoms with Crippen LogP contribution in [0.3, 0.4) is 0 Å². The minimum Gasteiger partial charge on any atom is -0.349 e. The van der Waals surface area contributed by atoms with Crippen molar-refractivity contribution in [1.29, 1.82) is 0 Å². The summed E-state index contributed by atoms with van der Waals surface area (Å²) in [5.41, 5.74) is 1.63. The minimum absolute atomic E-state index is 0.0168. The molecule has 2 aliphatic rings. The average molecular weight is 495 g/mol. The maximum absolute atomic E-state index is 13.5. The summed E-state index contributed by atoms with van der Waals surface area (Å²) in [4.78, 5) is 19.6. The highest BCUT2D eigenvalue weighted by molar-refractivity contribution is 5.79. The van der Waals surface area contributed by atoms with Crippen LogP contribution in [0.5, 0.6) is 0 Å². The summed E-state index contributed by atoms with van der Waals surface area (Å²) < 4.78 is 32.4. The number of benzene rings is 2. The number of carbonyl (C=O) groups excluding carboxylic acids is 1. The number of aromatic nitrogens is 2. The molecule has 1 N–H and O–H groups in total. The van der Waals surface area contributed by atoms with E-state index in [0.29, 0.717) is 17.3 Å². The predicted molar refractivity (Wildman–Crippen MR) is 131 cm³/mol. The van der Waals surface area contributed by atoms with E-state index in [2.05, 4.69) is 32.5 Å². The molecule has 36 heavy (non-hydrogen) atoms. The molecule has 2 fully saturated rings. The quantitative estimate of drug-likeness (QED) is 0.445. The summed E-state index contributed by atoms with van der Waals surface area (Å²) in [7, 11) is 0. The van der Waals surface area contributed by atoms with Crippen molar-refractivity contribution in [3.05, 3.63) is 83.0 Å². The molecule has 0 radical (unpaired) electrons. The summed E-state index contributed by atoms with van der Waals surface area (Å²) in [5, 5.41) is 7.32. The second-order valence-electron chi connectivity index (χ2n) is 10.0. The zero-order valence-corrected chi connectivity index (χ0v) is 20.3. The van der Waals surface area contributed by atoms with Gasteiger partial charge < -0.3 is 14.7 Å². The normalized spacial score (nSPS) is 18.1. The van der Waals surface area contributed by atoms with E-state index in [4.69, 9.17) is 4.52 Å². The number of piperidine rings is 1. The fraction of sp³-hybridized carbons (Fsp3) is 0.464. The van der Waals surface area contributed by atoms with Crippen LogP contribution in [-0.2, 0) is 11.2 Å². The van der Waals surface area contributed by atoms with Gasteiger partial charge in [-0.05, 0) is 68.5 Å². The summed E-state index contributed by atoms with van der Waals surface area (Å²) in [6.45, 7) is 2.72. The second-order valence-corrected chi connectivity index (χ2v) is 10.0. The first-order valence-electron chi connectivity index (χ1n) is 12.9. The van der Waals surface area contributed by atoms with E-state index in [1.807, 2.05) is 18.2 Å². The number of nitrogens with zero attached hydrogens (tertiary/aromatic N) is 3. The van der Waals surface area contributed by atoms with Gasteiger partial charge in [-0.15, -0.1) is 0 Å². The molecule has 5 rings (SSSR count). The minimum atomic E-state index is -0.613. The summed E-state index contributed by atoms with van der Waals surface area (Å²) >= 11 is 0. The Balaban J connectivity index is 1.13. The molecule has 3 aromatic rings. The average Bonchev–Trinajstić information content (AvgIpc) is 3.29. The monoisotopic (exact) mass is 494 g/mol. The number of nitrogens with one attached hydrogen (secondary N) is 1. The maximum Gasteiger partial charge on any atom is 0.229 e. The van der Waals surface area contributed by atoms with Crippen LogP contribution in [0.4, 0.5) is 8.78 Å². The zero-order chi connectivity index (χ0) is 24.9. The number of rotatable bonds is 9. The van der Waals surface area contributed by atoms with E-state index in [1.54, 1.807) is 0 Å². The second kappa shape index (κ2) is 11.3. The topological polar surface area (TPSA) is 71.3 Å². The van der Waals surface area contributed by atoms with E-state index in [1.165, 1.54) is 12.1 Å². The molecule has 190 valence electrons. The number of carbonyl (C=O) groups is 1. The van der Waals surface area contributed by atoms with Crippen LogP contribution < -0.4 is 5.32 Å². The Morgan fingerprint density at radius 2 is 1.78 bits per heavy atom. The molecule has 1 atom stereocenters. The van der Waals surface area contributed by atoms with Gasteiger partial charge in [-0.25, -0.2) is 8.78 Å². The number of amides is 1. The Labute approximate surface area is 210 Å². The van der Waals surface area contributed by atoms with Crippen molar-refractivity contribution in [2.45, 2.75) is 56.9 Å². The van der Waals surface area contributed by atoms with Gasteiger partial charge in [-0.2, -0.15) is 4.98 Å². The number of halogens is 2. The van der Waals surface area contributed by atoms with Gasteiger partial charge in [0.2, 0.25) is 11.8 Å². The Kier molecular flexibility index (Phi) is 7.70. The van der Waals surface area contributed by atoms with Crippen LogP contribution in [0.1, 0.15) is 73.3 Å². The van der Waals surface area contributed by atoms with Crippen LogP contribution in [-0.4, -0.2) is 40.6 Å². The fourth-order valence-corrected chi connectivity index (χ4v) is 5.08. The Bertz CT molecular complexity index is 1140. The highest BCUT2D eigenvalue weighted by Gasteiger charge is 2.29. The standard InChI is InChI=1S/C28H32F2N4O2/c29-23-15-19(16-24(30)18-23)17-26-32-28(36-33-26)22-9-12-34(13-10-22)14-11-25(20-5-2-1-3-6-20)31-27(35)21-7-4-8-21/h1-3,5-6,15-16,18,21-22,25H,4,7-14,17H2,(H,31,35). The lowest BCUT2D eigenvalue weighted by Gasteiger charge is -2.32.